The first-order valence-electron chi connectivity index (χ1n) is 8.30. The summed E-state index contributed by atoms with van der Waals surface area (Å²) >= 11 is 0. The highest BCUT2D eigenvalue weighted by Gasteiger charge is 2.34. The van der Waals surface area contributed by atoms with Gasteiger partial charge in [-0.1, -0.05) is 30.3 Å². The molecule has 1 aliphatic heterocycles. The number of carbonyl (C=O) groups is 2. The number of amides is 2. The Morgan fingerprint density at radius 3 is 2.58 bits per heavy atom. The second kappa shape index (κ2) is 6.87. The van der Waals surface area contributed by atoms with E-state index in [2.05, 4.69) is 5.32 Å². The normalized spacial score (nSPS) is 16.9. The number of hydrogen-bond donors (Lipinski definition) is 1. The molecule has 124 valence electrons. The Morgan fingerprint density at radius 2 is 1.83 bits per heavy atom. The van der Waals surface area contributed by atoms with Crippen molar-refractivity contribution in [3.8, 4) is 0 Å². The van der Waals surface area contributed by atoms with Gasteiger partial charge in [-0.2, -0.15) is 0 Å². The van der Waals surface area contributed by atoms with Crippen LogP contribution in [0, 0.1) is 13.8 Å². The lowest BCUT2D eigenvalue weighted by molar-refractivity contribution is -0.119. The molecule has 0 saturated carbocycles. The van der Waals surface area contributed by atoms with Crippen molar-refractivity contribution in [2.24, 2.45) is 0 Å². The van der Waals surface area contributed by atoms with E-state index in [0.717, 1.165) is 23.2 Å². The molecule has 2 aromatic carbocycles. The monoisotopic (exact) mass is 322 g/mol. The van der Waals surface area contributed by atoms with Crippen molar-refractivity contribution in [3.63, 3.8) is 0 Å². The quantitative estimate of drug-likeness (QED) is 0.939. The van der Waals surface area contributed by atoms with E-state index in [9.17, 15) is 9.59 Å². The van der Waals surface area contributed by atoms with Crippen LogP contribution in [0.2, 0.25) is 0 Å². The highest BCUT2D eigenvalue weighted by atomic mass is 16.2. The summed E-state index contributed by atoms with van der Waals surface area (Å²) in [6.07, 6.45) is 1.55. The molecule has 0 aromatic heterocycles. The third-order valence-electron chi connectivity index (χ3n) is 4.49. The van der Waals surface area contributed by atoms with Gasteiger partial charge in [0.05, 0.1) is 0 Å². The molecular weight excluding hydrogens is 300 g/mol. The van der Waals surface area contributed by atoms with Crippen molar-refractivity contribution in [2.75, 3.05) is 11.9 Å². The van der Waals surface area contributed by atoms with Gasteiger partial charge < -0.3 is 10.2 Å². The highest BCUT2D eigenvalue weighted by molar-refractivity contribution is 6.01. The molecule has 0 aliphatic carbocycles. The highest BCUT2D eigenvalue weighted by Crippen LogP contribution is 2.23. The van der Waals surface area contributed by atoms with Gasteiger partial charge in [0.2, 0.25) is 5.91 Å². The van der Waals surface area contributed by atoms with Crippen LogP contribution in [0.25, 0.3) is 0 Å². The summed E-state index contributed by atoms with van der Waals surface area (Å²) in [6, 6.07) is 14.7. The van der Waals surface area contributed by atoms with Crippen molar-refractivity contribution in [3.05, 3.63) is 65.2 Å². The second-order valence-corrected chi connectivity index (χ2v) is 6.33. The predicted molar refractivity (Wildman–Crippen MR) is 95.0 cm³/mol. The van der Waals surface area contributed by atoms with Crippen molar-refractivity contribution in [2.45, 2.75) is 32.7 Å². The molecule has 1 saturated heterocycles. The van der Waals surface area contributed by atoms with Crippen LogP contribution in [-0.4, -0.2) is 29.3 Å². The van der Waals surface area contributed by atoms with E-state index in [1.54, 1.807) is 17.0 Å². The number of nitrogens with one attached hydrogen (secondary N) is 1. The van der Waals surface area contributed by atoms with Gasteiger partial charge in [0, 0.05) is 17.8 Å². The third kappa shape index (κ3) is 3.32. The fourth-order valence-corrected chi connectivity index (χ4v) is 3.12. The van der Waals surface area contributed by atoms with Crippen LogP contribution in [0.5, 0.6) is 0 Å². The van der Waals surface area contributed by atoms with Gasteiger partial charge >= 0.3 is 0 Å². The average Bonchev–Trinajstić information content (AvgIpc) is 3.08. The molecule has 3 rings (SSSR count). The lowest BCUT2D eigenvalue weighted by atomic mass is 10.1. The maximum Gasteiger partial charge on any atom is 0.254 e. The van der Waals surface area contributed by atoms with E-state index in [1.807, 2.05) is 50.2 Å². The number of likely N-dealkylation sites (tertiary alicyclic amines) is 1. The number of rotatable bonds is 3. The summed E-state index contributed by atoms with van der Waals surface area (Å²) in [5.74, 6) is -0.181. The van der Waals surface area contributed by atoms with Crippen LogP contribution >= 0.6 is 0 Å². The minimum atomic E-state index is -0.405. The first-order valence-corrected chi connectivity index (χ1v) is 8.30. The topological polar surface area (TPSA) is 49.4 Å². The number of anilines is 1. The molecule has 0 bridgehead atoms. The van der Waals surface area contributed by atoms with Crippen LogP contribution in [0.4, 0.5) is 5.69 Å². The fraction of sp³-hybridized carbons (Fsp3) is 0.300. The van der Waals surface area contributed by atoms with Crippen molar-refractivity contribution < 1.29 is 9.59 Å². The molecule has 2 aromatic rings. The third-order valence-corrected chi connectivity index (χ3v) is 4.49. The number of nitrogens with zero attached hydrogens (tertiary/aromatic N) is 1. The molecule has 1 atom stereocenters. The lowest BCUT2D eigenvalue weighted by Crippen LogP contribution is -2.43. The Bertz CT molecular complexity index is 755. The Labute approximate surface area is 142 Å². The fourth-order valence-electron chi connectivity index (χ4n) is 3.12. The molecule has 4 heteroatoms. The van der Waals surface area contributed by atoms with Crippen molar-refractivity contribution in [1.29, 1.82) is 0 Å². The molecule has 0 radical (unpaired) electrons. The Balaban J connectivity index is 1.76. The predicted octanol–water partition coefficient (Wildman–Crippen LogP) is 3.55. The molecule has 2 amide bonds. The Hall–Kier alpha value is -2.62. The Morgan fingerprint density at radius 1 is 1.08 bits per heavy atom. The van der Waals surface area contributed by atoms with Gasteiger partial charge in [-0.25, -0.2) is 0 Å². The number of hydrogen-bond acceptors (Lipinski definition) is 2. The van der Waals surface area contributed by atoms with E-state index in [1.165, 1.54) is 0 Å². The molecule has 1 N–H and O–H groups in total. The van der Waals surface area contributed by atoms with E-state index < -0.39 is 6.04 Å². The SMILES string of the molecule is Cc1ccc(C)c(NC(=O)C2CCCN2C(=O)c2ccccc2)c1. The lowest BCUT2D eigenvalue weighted by Gasteiger charge is -2.24. The summed E-state index contributed by atoms with van der Waals surface area (Å²) < 4.78 is 0. The van der Waals surface area contributed by atoms with Gasteiger partial charge in [-0.05, 0) is 56.0 Å². The van der Waals surface area contributed by atoms with Crippen LogP contribution in [0.1, 0.15) is 34.3 Å². The van der Waals surface area contributed by atoms with Crippen molar-refractivity contribution >= 4 is 17.5 Å². The molecular formula is C20H22N2O2. The smallest absolute Gasteiger partial charge is 0.254 e. The zero-order valence-corrected chi connectivity index (χ0v) is 14.1. The minimum absolute atomic E-state index is 0.0748. The molecule has 1 heterocycles. The van der Waals surface area contributed by atoms with E-state index in [-0.39, 0.29) is 11.8 Å². The first kappa shape index (κ1) is 16.2. The van der Waals surface area contributed by atoms with Gasteiger partial charge in [0.1, 0.15) is 6.04 Å². The number of aryl methyl sites for hydroxylation is 2. The van der Waals surface area contributed by atoms with Crippen molar-refractivity contribution in [1.82, 2.24) is 4.90 Å². The molecule has 1 unspecified atom stereocenters. The molecule has 1 aliphatic rings. The van der Waals surface area contributed by atoms with Crippen LogP contribution < -0.4 is 5.32 Å². The summed E-state index contributed by atoms with van der Waals surface area (Å²) in [5, 5.41) is 3.00. The first-order chi connectivity index (χ1) is 11.6. The van der Waals surface area contributed by atoms with E-state index >= 15 is 0 Å². The van der Waals surface area contributed by atoms with Gasteiger partial charge in [-0.3, -0.25) is 9.59 Å². The summed E-state index contributed by atoms with van der Waals surface area (Å²) in [4.78, 5) is 27.1. The van der Waals surface area contributed by atoms with Crippen LogP contribution in [0.3, 0.4) is 0 Å². The number of benzene rings is 2. The van der Waals surface area contributed by atoms with E-state index in [4.69, 9.17) is 0 Å². The molecule has 4 nitrogen and oxygen atoms in total. The van der Waals surface area contributed by atoms with Crippen LogP contribution in [0.15, 0.2) is 48.5 Å². The summed E-state index contributed by atoms with van der Waals surface area (Å²) in [6.45, 7) is 4.59. The zero-order valence-electron chi connectivity index (χ0n) is 14.1. The number of carbonyl (C=O) groups excluding carboxylic acids is 2. The zero-order chi connectivity index (χ0) is 17.1. The summed E-state index contributed by atoms with van der Waals surface area (Å²) in [5.41, 5.74) is 3.57. The minimum Gasteiger partial charge on any atom is -0.327 e. The largest absolute Gasteiger partial charge is 0.327 e. The van der Waals surface area contributed by atoms with Crippen LogP contribution in [-0.2, 0) is 4.79 Å². The van der Waals surface area contributed by atoms with Gasteiger partial charge in [-0.15, -0.1) is 0 Å². The average molecular weight is 322 g/mol. The summed E-state index contributed by atoms with van der Waals surface area (Å²) in [7, 11) is 0. The standard InChI is InChI=1S/C20H22N2O2/c1-14-10-11-15(2)17(13-14)21-19(23)18-9-6-12-22(18)20(24)16-7-4-3-5-8-16/h3-5,7-8,10-11,13,18H,6,9,12H2,1-2H3,(H,21,23). The molecule has 24 heavy (non-hydrogen) atoms. The van der Waals surface area contributed by atoms with Gasteiger partial charge in [0.15, 0.2) is 0 Å². The van der Waals surface area contributed by atoms with E-state index in [0.29, 0.717) is 18.5 Å². The van der Waals surface area contributed by atoms with Gasteiger partial charge in [0.25, 0.3) is 5.91 Å². The molecule has 0 spiro atoms. The molecule has 1 fully saturated rings. The Kier molecular flexibility index (Phi) is 4.65. The second-order valence-electron chi connectivity index (χ2n) is 6.33. The maximum absolute atomic E-state index is 12.7. The maximum atomic E-state index is 12.7.